The number of sulfonamides is 1. The lowest BCUT2D eigenvalue weighted by Gasteiger charge is -2.11. The van der Waals surface area contributed by atoms with Crippen molar-refractivity contribution >= 4 is 32.1 Å². The van der Waals surface area contributed by atoms with Crippen molar-refractivity contribution in [2.24, 2.45) is 23.7 Å². The number of rotatable bonds is 3. The molecule has 0 saturated heterocycles. The third-order valence-electron chi connectivity index (χ3n) is 5.52. The molecule has 0 amide bonds. The zero-order chi connectivity index (χ0) is 14.4. The molecule has 3 fully saturated rings. The number of nitrogens with two attached hydrogens (primary N) is 1. The highest BCUT2D eigenvalue weighted by Crippen LogP contribution is 2.65. The first-order valence-corrected chi connectivity index (χ1v) is 9.66. The Labute approximate surface area is 126 Å². The molecule has 0 aliphatic heterocycles. The van der Waals surface area contributed by atoms with Gasteiger partial charge in [-0.05, 0) is 42.9 Å². The Hall–Kier alpha value is -1.12. The van der Waals surface area contributed by atoms with Crippen LogP contribution in [0.2, 0.25) is 0 Å². The molecule has 21 heavy (non-hydrogen) atoms. The number of nitrogens with one attached hydrogen (secondary N) is 1. The van der Waals surface area contributed by atoms with Crippen LogP contribution in [-0.2, 0) is 10.0 Å². The first kappa shape index (κ1) is 12.4. The summed E-state index contributed by atoms with van der Waals surface area (Å²) in [6.45, 7) is 0. The van der Waals surface area contributed by atoms with Crippen LogP contribution in [0.1, 0.15) is 19.3 Å². The summed E-state index contributed by atoms with van der Waals surface area (Å²) in [6.07, 6.45) is 5.55. The summed E-state index contributed by atoms with van der Waals surface area (Å²) in [6, 6.07) is 0.116. The largest absolute Gasteiger partial charge is 0.381 e. The smallest absolute Gasteiger partial charge is 0.260 e. The quantitative estimate of drug-likeness (QED) is 0.890. The van der Waals surface area contributed by atoms with Crippen LogP contribution in [-0.4, -0.2) is 23.8 Å². The average Bonchev–Trinajstić information content (AvgIpc) is 2.89. The highest BCUT2D eigenvalue weighted by molar-refractivity contribution is 7.89. The third-order valence-corrected chi connectivity index (χ3v) is 7.78. The standard InChI is InChI=1S/C13H16N4O2S2/c14-11-12(17-3-4-20-13(17)15-11)21(18,19)16-10-8-6-1-2-7(5-6)9(8)10/h3-4,6-10,16H,1-2,5,14H2. The fraction of sp³-hybridized carbons (Fsp3) is 0.615. The maximum Gasteiger partial charge on any atom is 0.260 e. The molecule has 3 saturated carbocycles. The minimum Gasteiger partial charge on any atom is -0.381 e. The van der Waals surface area contributed by atoms with E-state index in [1.807, 2.05) is 5.38 Å². The predicted octanol–water partition coefficient (Wildman–Crippen LogP) is 1.30. The van der Waals surface area contributed by atoms with Gasteiger partial charge in [-0.25, -0.2) is 18.1 Å². The van der Waals surface area contributed by atoms with Gasteiger partial charge in [0.1, 0.15) is 0 Å². The van der Waals surface area contributed by atoms with Gasteiger partial charge in [0.15, 0.2) is 15.8 Å². The van der Waals surface area contributed by atoms with E-state index < -0.39 is 10.0 Å². The second-order valence-corrected chi connectivity index (χ2v) is 9.00. The van der Waals surface area contributed by atoms with E-state index >= 15 is 0 Å². The van der Waals surface area contributed by atoms with E-state index in [9.17, 15) is 8.42 Å². The Morgan fingerprint density at radius 2 is 2.05 bits per heavy atom. The predicted molar refractivity (Wildman–Crippen MR) is 79.4 cm³/mol. The van der Waals surface area contributed by atoms with Gasteiger partial charge < -0.3 is 5.73 Å². The minimum absolute atomic E-state index is 0.0862. The molecular weight excluding hydrogens is 308 g/mol. The number of anilines is 1. The van der Waals surface area contributed by atoms with Crippen LogP contribution >= 0.6 is 11.3 Å². The number of nitrogen functional groups attached to an aromatic ring is 1. The Morgan fingerprint density at radius 3 is 2.76 bits per heavy atom. The van der Waals surface area contributed by atoms with Gasteiger partial charge in [0, 0.05) is 17.6 Å². The van der Waals surface area contributed by atoms with Crippen molar-refractivity contribution in [2.75, 3.05) is 5.73 Å². The van der Waals surface area contributed by atoms with Crippen LogP contribution in [0.5, 0.6) is 0 Å². The number of aromatic nitrogens is 2. The van der Waals surface area contributed by atoms with Crippen LogP contribution in [0.25, 0.3) is 4.96 Å². The lowest BCUT2D eigenvalue weighted by atomic mass is 10.0. The maximum absolute atomic E-state index is 12.7. The second kappa shape index (κ2) is 3.80. The normalized spacial score (nSPS) is 37.2. The minimum atomic E-state index is -3.61. The van der Waals surface area contributed by atoms with Gasteiger partial charge in [-0.3, -0.25) is 4.40 Å². The van der Waals surface area contributed by atoms with Crippen LogP contribution in [0.15, 0.2) is 16.6 Å². The van der Waals surface area contributed by atoms with Gasteiger partial charge in [0.05, 0.1) is 0 Å². The molecule has 6 nitrogen and oxygen atoms in total. The van der Waals surface area contributed by atoms with Crippen molar-refractivity contribution in [1.29, 1.82) is 0 Å². The zero-order valence-corrected chi connectivity index (χ0v) is 12.9. The third kappa shape index (κ3) is 1.55. The zero-order valence-electron chi connectivity index (χ0n) is 11.3. The molecule has 2 aromatic rings. The van der Waals surface area contributed by atoms with E-state index in [1.165, 1.54) is 30.6 Å². The van der Waals surface area contributed by atoms with Gasteiger partial charge in [-0.2, -0.15) is 0 Å². The molecule has 4 unspecified atom stereocenters. The number of imidazole rings is 1. The van der Waals surface area contributed by atoms with Crippen LogP contribution in [0.4, 0.5) is 5.82 Å². The molecular formula is C13H16N4O2S2. The van der Waals surface area contributed by atoms with Crippen molar-refractivity contribution in [1.82, 2.24) is 14.1 Å². The van der Waals surface area contributed by atoms with Crippen molar-refractivity contribution in [3.63, 3.8) is 0 Å². The molecule has 5 rings (SSSR count). The molecule has 0 spiro atoms. The Bertz CT molecular complexity index is 824. The molecule has 2 bridgehead atoms. The van der Waals surface area contributed by atoms with E-state index in [1.54, 1.807) is 10.6 Å². The summed E-state index contributed by atoms with van der Waals surface area (Å²) in [5.74, 6) is 2.67. The monoisotopic (exact) mass is 324 g/mol. The highest BCUT2D eigenvalue weighted by Gasteiger charge is 2.65. The molecule has 3 N–H and O–H groups in total. The number of hydrogen-bond donors (Lipinski definition) is 2. The Balaban J connectivity index is 1.49. The lowest BCUT2D eigenvalue weighted by molar-refractivity contribution is 0.456. The Kier molecular flexibility index (Phi) is 2.25. The van der Waals surface area contributed by atoms with Crippen LogP contribution in [0, 0.1) is 23.7 Å². The highest BCUT2D eigenvalue weighted by atomic mass is 32.2. The first-order chi connectivity index (χ1) is 10.1. The van der Waals surface area contributed by atoms with Crippen molar-refractivity contribution in [2.45, 2.75) is 30.3 Å². The van der Waals surface area contributed by atoms with Crippen molar-refractivity contribution in [3.8, 4) is 0 Å². The van der Waals surface area contributed by atoms with E-state index in [2.05, 4.69) is 9.71 Å². The number of hydrogen-bond acceptors (Lipinski definition) is 5. The molecule has 8 heteroatoms. The van der Waals surface area contributed by atoms with E-state index in [-0.39, 0.29) is 16.9 Å². The number of thiazole rings is 1. The summed E-state index contributed by atoms with van der Waals surface area (Å²) in [7, 11) is -3.61. The van der Waals surface area contributed by atoms with Crippen molar-refractivity contribution in [3.05, 3.63) is 11.6 Å². The van der Waals surface area contributed by atoms with E-state index in [0.29, 0.717) is 16.8 Å². The average molecular weight is 324 g/mol. The molecule has 112 valence electrons. The van der Waals surface area contributed by atoms with Crippen LogP contribution in [0.3, 0.4) is 0 Å². The number of fused-ring (bicyclic) bond motifs is 6. The molecule has 2 heterocycles. The molecule has 3 aliphatic rings. The molecule has 4 atom stereocenters. The molecule has 0 aromatic carbocycles. The van der Waals surface area contributed by atoms with Crippen molar-refractivity contribution < 1.29 is 8.42 Å². The summed E-state index contributed by atoms with van der Waals surface area (Å²) in [5, 5.41) is 1.91. The summed E-state index contributed by atoms with van der Waals surface area (Å²) in [4.78, 5) is 4.74. The summed E-state index contributed by atoms with van der Waals surface area (Å²) >= 11 is 1.38. The van der Waals surface area contributed by atoms with E-state index in [0.717, 1.165) is 11.8 Å². The maximum atomic E-state index is 12.7. The van der Waals surface area contributed by atoms with Gasteiger partial charge >= 0.3 is 0 Å². The number of nitrogens with zero attached hydrogens (tertiary/aromatic N) is 2. The summed E-state index contributed by atoms with van der Waals surface area (Å²) < 4.78 is 29.8. The SMILES string of the molecule is Nc1nc2sccn2c1S(=O)(=O)NC1C2C3CCC(C3)C12. The Morgan fingerprint density at radius 1 is 1.33 bits per heavy atom. The van der Waals surface area contributed by atoms with Crippen LogP contribution < -0.4 is 10.5 Å². The van der Waals surface area contributed by atoms with E-state index in [4.69, 9.17) is 5.73 Å². The van der Waals surface area contributed by atoms with Gasteiger partial charge in [-0.1, -0.05) is 0 Å². The fourth-order valence-electron chi connectivity index (χ4n) is 4.77. The topological polar surface area (TPSA) is 89.5 Å². The summed E-state index contributed by atoms with van der Waals surface area (Å²) in [5.41, 5.74) is 5.82. The van der Waals surface area contributed by atoms with Gasteiger partial charge in [0.25, 0.3) is 10.0 Å². The molecule has 3 aliphatic carbocycles. The fourth-order valence-corrected chi connectivity index (χ4v) is 7.06. The lowest BCUT2D eigenvalue weighted by Crippen LogP contribution is -2.31. The molecule has 2 aromatic heterocycles. The van der Waals surface area contributed by atoms with Gasteiger partial charge in [-0.15, -0.1) is 11.3 Å². The second-order valence-electron chi connectivity index (χ2n) is 6.49. The van der Waals surface area contributed by atoms with Gasteiger partial charge in [0.2, 0.25) is 0 Å². The first-order valence-electron chi connectivity index (χ1n) is 7.29. The molecule has 0 radical (unpaired) electrons.